The normalized spacial score (nSPS) is 10.6. The number of amides is 1. The van der Waals surface area contributed by atoms with Gasteiger partial charge in [0.1, 0.15) is 11.6 Å². The van der Waals surface area contributed by atoms with E-state index in [9.17, 15) is 9.18 Å². The van der Waals surface area contributed by atoms with E-state index in [4.69, 9.17) is 11.6 Å². The molecule has 0 atom stereocenters. The van der Waals surface area contributed by atoms with Crippen LogP contribution in [0.2, 0.25) is 5.02 Å². The molecule has 0 saturated heterocycles. The number of rotatable bonds is 3. The number of hydrogen-bond acceptors (Lipinski definition) is 3. The third-order valence-electron chi connectivity index (χ3n) is 3.15. The minimum Gasteiger partial charge on any atom is -0.322 e. The molecule has 0 aliphatic carbocycles. The van der Waals surface area contributed by atoms with Crippen molar-refractivity contribution in [3.63, 3.8) is 0 Å². The lowest BCUT2D eigenvalue weighted by Crippen LogP contribution is -2.13. The van der Waals surface area contributed by atoms with E-state index in [1.54, 1.807) is 25.1 Å². The zero-order chi connectivity index (χ0) is 16.4. The van der Waals surface area contributed by atoms with Crippen LogP contribution in [-0.2, 0) is 0 Å². The number of carbonyl (C=O) groups is 1. The van der Waals surface area contributed by atoms with Gasteiger partial charge in [0.05, 0.1) is 5.56 Å². The highest BCUT2D eigenvalue weighted by Gasteiger charge is 2.13. The van der Waals surface area contributed by atoms with Crippen molar-refractivity contribution in [1.29, 1.82) is 0 Å². The highest BCUT2D eigenvalue weighted by atomic mass is 35.5. The minimum absolute atomic E-state index is 0.114. The zero-order valence-corrected chi connectivity index (χ0v) is 12.9. The zero-order valence-electron chi connectivity index (χ0n) is 12.1. The van der Waals surface area contributed by atoms with E-state index < -0.39 is 11.7 Å². The number of halogens is 2. The maximum atomic E-state index is 13.7. The first-order chi connectivity index (χ1) is 11.0. The molecule has 116 valence electrons. The second-order valence-corrected chi connectivity index (χ2v) is 5.34. The molecule has 1 amide bonds. The molecule has 0 saturated carbocycles. The van der Waals surface area contributed by atoms with Gasteiger partial charge in [-0.1, -0.05) is 23.7 Å². The van der Waals surface area contributed by atoms with Crippen LogP contribution in [0.15, 0.2) is 42.5 Å². The number of aryl methyl sites for hydroxylation is 1. The Morgan fingerprint density at radius 3 is 2.83 bits per heavy atom. The maximum Gasteiger partial charge on any atom is 0.258 e. The monoisotopic (exact) mass is 330 g/mol. The van der Waals surface area contributed by atoms with Gasteiger partial charge in [-0.05, 0) is 37.3 Å². The Morgan fingerprint density at radius 2 is 2.09 bits per heavy atom. The molecule has 0 fully saturated rings. The van der Waals surface area contributed by atoms with Gasteiger partial charge < -0.3 is 5.32 Å². The van der Waals surface area contributed by atoms with Crippen molar-refractivity contribution in [2.75, 3.05) is 5.32 Å². The third-order valence-corrected chi connectivity index (χ3v) is 3.38. The van der Waals surface area contributed by atoms with Gasteiger partial charge in [0, 0.05) is 16.3 Å². The number of anilines is 1. The van der Waals surface area contributed by atoms with Gasteiger partial charge in [0.2, 0.25) is 0 Å². The van der Waals surface area contributed by atoms with Crippen LogP contribution in [0.1, 0.15) is 16.2 Å². The number of aromatic nitrogens is 3. The summed E-state index contributed by atoms with van der Waals surface area (Å²) >= 11 is 5.80. The number of hydrogen-bond donors (Lipinski definition) is 2. The van der Waals surface area contributed by atoms with Gasteiger partial charge in [-0.3, -0.25) is 9.89 Å². The summed E-state index contributed by atoms with van der Waals surface area (Å²) in [7, 11) is 0. The Hall–Kier alpha value is -2.73. The molecule has 2 aromatic carbocycles. The quantitative estimate of drug-likeness (QED) is 0.766. The highest BCUT2D eigenvalue weighted by Crippen LogP contribution is 2.21. The molecule has 23 heavy (non-hydrogen) atoms. The molecule has 1 heterocycles. The smallest absolute Gasteiger partial charge is 0.258 e. The summed E-state index contributed by atoms with van der Waals surface area (Å²) in [6.07, 6.45) is 0. The van der Waals surface area contributed by atoms with Crippen LogP contribution in [-0.4, -0.2) is 21.1 Å². The van der Waals surface area contributed by atoms with Crippen molar-refractivity contribution in [3.05, 3.63) is 64.7 Å². The van der Waals surface area contributed by atoms with E-state index in [1.807, 2.05) is 6.07 Å². The van der Waals surface area contributed by atoms with Crippen LogP contribution < -0.4 is 5.32 Å². The van der Waals surface area contributed by atoms with Crippen molar-refractivity contribution in [3.8, 4) is 11.4 Å². The number of aromatic amines is 1. The molecule has 5 nitrogen and oxygen atoms in total. The fourth-order valence-corrected chi connectivity index (χ4v) is 2.25. The van der Waals surface area contributed by atoms with Gasteiger partial charge >= 0.3 is 0 Å². The molecule has 0 spiro atoms. The summed E-state index contributed by atoms with van der Waals surface area (Å²) in [5.74, 6) is 0.00365. The number of nitrogens with zero attached hydrogens (tertiary/aromatic N) is 2. The minimum atomic E-state index is -0.632. The maximum absolute atomic E-state index is 13.7. The predicted octanol–water partition coefficient (Wildman–Crippen LogP) is 3.82. The van der Waals surface area contributed by atoms with Crippen LogP contribution in [0.25, 0.3) is 11.4 Å². The van der Waals surface area contributed by atoms with Crippen LogP contribution in [0.5, 0.6) is 0 Å². The SMILES string of the molecule is Cc1nc(-c2cccc(NC(=O)c3cc(Cl)ccc3F)c2)n[nH]1. The number of nitrogens with one attached hydrogen (secondary N) is 2. The number of benzene rings is 2. The van der Waals surface area contributed by atoms with Crippen molar-refractivity contribution in [1.82, 2.24) is 15.2 Å². The van der Waals surface area contributed by atoms with Crippen LogP contribution in [0.4, 0.5) is 10.1 Å². The predicted molar refractivity (Wildman–Crippen MR) is 85.9 cm³/mol. The lowest BCUT2D eigenvalue weighted by atomic mass is 10.1. The van der Waals surface area contributed by atoms with Crippen LogP contribution in [0, 0.1) is 12.7 Å². The molecule has 1 aromatic heterocycles. The molecule has 0 aliphatic heterocycles. The van der Waals surface area contributed by atoms with Crippen molar-refractivity contribution in [2.45, 2.75) is 6.92 Å². The molecule has 7 heteroatoms. The van der Waals surface area contributed by atoms with E-state index in [-0.39, 0.29) is 5.56 Å². The summed E-state index contributed by atoms with van der Waals surface area (Å²) in [6.45, 7) is 1.80. The standard InChI is InChI=1S/C16H12ClFN4O/c1-9-19-15(22-21-9)10-3-2-4-12(7-10)20-16(23)13-8-11(17)5-6-14(13)18/h2-8H,1H3,(H,20,23)(H,19,21,22). The summed E-state index contributed by atoms with van der Waals surface area (Å²) in [5, 5.41) is 9.75. The van der Waals surface area contributed by atoms with Crippen molar-refractivity contribution < 1.29 is 9.18 Å². The number of carbonyl (C=O) groups excluding carboxylic acids is 1. The lowest BCUT2D eigenvalue weighted by Gasteiger charge is -2.07. The second kappa shape index (κ2) is 6.18. The van der Waals surface area contributed by atoms with Crippen LogP contribution in [0.3, 0.4) is 0 Å². The summed E-state index contributed by atoms with van der Waals surface area (Å²) in [4.78, 5) is 16.4. The summed E-state index contributed by atoms with van der Waals surface area (Å²) in [6, 6.07) is 10.8. The average molecular weight is 331 g/mol. The molecule has 0 unspecified atom stereocenters. The van der Waals surface area contributed by atoms with Gasteiger partial charge in [0.15, 0.2) is 5.82 Å². The van der Waals surface area contributed by atoms with Gasteiger partial charge in [-0.25, -0.2) is 9.37 Å². The van der Waals surface area contributed by atoms with E-state index in [0.29, 0.717) is 22.4 Å². The molecule has 3 aromatic rings. The van der Waals surface area contributed by atoms with Crippen molar-refractivity contribution in [2.24, 2.45) is 0 Å². The lowest BCUT2D eigenvalue weighted by molar-refractivity contribution is 0.102. The fraction of sp³-hybridized carbons (Fsp3) is 0.0625. The average Bonchev–Trinajstić information content (AvgIpc) is 2.96. The molecule has 2 N–H and O–H groups in total. The molecule has 0 aliphatic rings. The Morgan fingerprint density at radius 1 is 1.26 bits per heavy atom. The topological polar surface area (TPSA) is 70.7 Å². The van der Waals surface area contributed by atoms with Crippen LogP contribution >= 0.6 is 11.6 Å². The Bertz CT molecular complexity index is 878. The fourth-order valence-electron chi connectivity index (χ4n) is 2.08. The van der Waals surface area contributed by atoms with Crippen molar-refractivity contribution >= 4 is 23.2 Å². The van der Waals surface area contributed by atoms with E-state index in [0.717, 1.165) is 11.6 Å². The molecular weight excluding hydrogens is 319 g/mol. The van der Waals surface area contributed by atoms with Gasteiger partial charge in [0.25, 0.3) is 5.91 Å². The molecular formula is C16H12ClFN4O. The largest absolute Gasteiger partial charge is 0.322 e. The van der Waals surface area contributed by atoms with E-state index in [2.05, 4.69) is 20.5 Å². The Labute approximate surface area is 136 Å². The third kappa shape index (κ3) is 3.37. The first-order valence-electron chi connectivity index (χ1n) is 6.79. The van der Waals surface area contributed by atoms with E-state index in [1.165, 1.54) is 12.1 Å². The van der Waals surface area contributed by atoms with E-state index >= 15 is 0 Å². The molecule has 3 rings (SSSR count). The van der Waals surface area contributed by atoms with Gasteiger partial charge in [-0.15, -0.1) is 0 Å². The number of H-pyrrole nitrogens is 1. The summed E-state index contributed by atoms with van der Waals surface area (Å²) < 4.78 is 13.7. The first-order valence-corrected chi connectivity index (χ1v) is 7.16. The highest BCUT2D eigenvalue weighted by molar-refractivity contribution is 6.31. The second-order valence-electron chi connectivity index (χ2n) is 4.90. The Balaban J connectivity index is 1.85. The Kier molecular flexibility index (Phi) is 4.08. The molecule has 0 radical (unpaired) electrons. The molecule has 0 bridgehead atoms. The first kappa shape index (κ1) is 15.2. The summed E-state index contributed by atoms with van der Waals surface area (Å²) in [5.41, 5.74) is 1.13. The van der Waals surface area contributed by atoms with Gasteiger partial charge in [-0.2, -0.15) is 5.10 Å².